The zero-order valence-electron chi connectivity index (χ0n) is 9.25. The Kier molecular flexibility index (Phi) is 2.78. The first-order chi connectivity index (χ1) is 8.08. The predicted molar refractivity (Wildman–Crippen MR) is 62.0 cm³/mol. The van der Waals surface area contributed by atoms with Gasteiger partial charge in [-0.05, 0) is 12.1 Å². The molecule has 0 aliphatic rings. The first kappa shape index (κ1) is 11.1. The standard InChI is InChI=1S/C11H13N3O3/c1-14-6-8(5-13-14)12-4-7-2-3-9(15)11(17)10(7)16/h2-3,5-6,12,15-17H,4H2,1H3. The highest BCUT2D eigenvalue weighted by Gasteiger charge is 2.10. The van der Waals surface area contributed by atoms with Crippen LogP contribution < -0.4 is 5.32 Å². The Balaban J connectivity index is 2.12. The van der Waals surface area contributed by atoms with E-state index in [1.165, 1.54) is 12.1 Å². The lowest BCUT2D eigenvalue weighted by atomic mass is 10.1. The fourth-order valence-electron chi connectivity index (χ4n) is 1.46. The molecule has 0 aliphatic carbocycles. The normalized spacial score (nSPS) is 10.4. The number of rotatable bonds is 3. The summed E-state index contributed by atoms with van der Waals surface area (Å²) in [7, 11) is 1.80. The monoisotopic (exact) mass is 235 g/mol. The van der Waals surface area contributed by atoms with Gasteiger partial charge in [-0.15, -0.1) is 0 Å². The van der Waals surface area contributed by atoms with Crippen LogP contribution in [0.2, 0.25) is 0 Å². The van der Waals surface area contributed by atoms with Crippen molar-refractivity contribution in [3.63, 3.8) is 0 Å². The Labute approximate surface area is 97.8 Å². The third-order valence-electron chi connectivity index (χ3n) is 2.40. The first-order valence-corrected chi connectivity index (χ1v) is 5.03. The number of aromatic nitrogens is 2. The quantitative estimate of drug-likeness (QED) is 0.599. The molecule has 0 bridgehead atoms. The van der Waals surface area contributed by atoms with Crippen molar-refractivity contribution in [2.75, 3.05) is 5.32 Å². The number of phenolic OH excluding ortho intramolecular Hbond substituents is 3. The molecule has 6 nitrogen and oxygen atoms in total. The minimum absolute atomic E-state index is 0.318. The van der Waals surface area contributed by atoms with Crippen molar-refractivity contribution in [3.8, 4) is 17.2 Å². The maximum Gasteiger partial charge on any atom is 0.200 e. The molecule has 0 aliphatic heterocycles. The van der Waals surface area contributed by atoms with E-state index in [2.05, 4.69) is 10.4 Å². The number of anilines is 1. The SMILES string of the molecule is Cn1cc(NCc2ccc(O)c(O)c2O)cn1. The summed E-state index contributed by atoms with van der Waals surface area (Å²) in [6.07, 6.45) is 3.44. The number of aromatic hydroxyl groups is 3. The molecule has 2 aromatic rings. The van der Waals surface area contributed by atoms with Crippen LogP contribution in [-0.2, 0) is 13.6 Å². The molecule has 0 spiro atoms. The van der Waals surface area contributed by atoms with E-state index >= 15 is 0 Å². The van der Waals surface area contributed by atoms with Gasteiger partial charge in [-0.2, -0.15) is 5.10 Å². The molecule has 0 saturated heterocycles. The molecule has 0 atom stereocenters. The van der Waals surface area contributed by atoms with Gasteiger partial charge in [0.15, 0.2) is 11.5 Å². The lowest BCUT2D eigenvalue weighted by molar-refractivity contribution is 0.365. The predicted octanol–water partition coefficient (Wildman–Crippen LogP) is 1.15. The summed E-state index contributed by atoms with van der Waals surface area (Å²) < 4.78 is 1.65. The summed E-state index contributed by atoms with van der Waals surface area (Å²) in [6, 6.07) is 2.86. The highest BCUT2D eigenvalue weighted by molar-refractivity contribution is 5.54. The van der Waals surface area contributed by atoms with Crippen LogP contribution in [0.25, 0.3) is 0 Å². The van der Waals surface area contributed by atoms with E-state index < -0.39 is 5.75 Å². The largest absolute Gasteiger partial charge is 0.504 e. The van der Waals surface area contributed by atoms with Crippen LogP contribution in [0.3, 0.4) is 0 Å². The molecule has 0 fully saturated rings. The van der Waals surface area contributed by atoms with Crippen LogP contribution >= 0.6 is 0 Å². The zero-order valence-corrected chi connectivity index (χ0v) is 9.25. The fraction of sp³-hybridized carbons (Fsp3) is 0.182. The van der Waals surface area contributed by atoms with Crippen molar-refractivity contribution >= 4 is 5.69 Å². The van der Waals surface area contributed by atoms with Crippen molar-refractivity contribution in [1.82, 2.24) is 9.78 Å². The second-order valence-corrected chi connectivity index (χ2v) is 3.70. The average Bonchev–Trinajstić information content (AvgIpc) is 2.71. The zero-order chi connectivity index (χ0) is 12.4. The maximum absolute atomic E-state index is 9.59. The van der Waals surface area contributed by atoms with E-state index in [0.29, 0.717) is 12.1 Å². The van der Waals surface area contributed by atoms with E-state index in [1.54, 1.807) is 24.1 Å². The smallest absolute Gasteiger partial charge is 0.200 e. The highest BCUT2D eigenvalue weighted by atomic mass is 16.3. The number of hydrogen-bond donors (Lipinski definition) is 4. The van der Waals surface area contributed by atoms with Crippen LogP contribution in [0.5, 0.6) is 17.2 Å². The van der Waals surface area contributed by atoms with Crippen LogP contribution in [0.4, 0.5) is 5.69 Å². The molecule has 1 aromatic carbocycles. The van der Waals surface area contributed by atoms with Gasteiger partial charge in [-0.3, -0.25) is 4.68 Å². The van der Waals surface area contributed by atoms with E-state index in [0.717, 1.165) is 5.69 Å². The Morgan fingerprint density at radius 2 is 2.00 bits per heavy atom. The number of aryl methyl sites for hydroxylation is 1. The molecule has 2 rings (SSSR count). The van der Waals surface area contributed by atoms with Crippen molar-refractivity contribution in [1.29, 1.82) is 0 Å². The fourth-order valence-corrected chi connectivity index (χ4v) is 1.46. The molecular formula is C11H13N3O3. The van der Waals surface area contributed by atoms with Gasteiger partial charge in [-0.1, -0.05) is 0 Å². The molecule has 0 amide bonds. The molecule has 0 saturated carbocycles. The highest BCUT2D eigenvalue weighted by Crippen LogP contribution is 2.37. The van der Waals surface area contributed by atoms with Gasteiger partial charge in [-0.25, -0.2) is 0 Å². The van der Waals surface area contributed by atoms with Gasteiger partial charge in [0.2, 0.25) is 5.75 Å². The molecule has 0 unspecified atom stereocenters. The lowest BCUT2D eigenvalue weighted by Crippen LogP contribution is -1.98. The van der Waals surface area contributed by atoms with Crippen LogP contribution in [-0.4, -0.2) is 25.1 Å². The number of nitrogens with zero attached hydrogens (tertiary/aromatic N) is 2. The van der Waals surface area contributed by atoms with Gasteiger partial charge in [0.1, 0.15) is 0 Å². The molecule has 90 valence electrons. The van der Waals surface area contributed by atoms with Crippen molar-refractivity contribution < 1.29 is 15.3 Å². The first-order valence-electron chi connectivity index (χ1n) is 5.03. The Morgan fingerprint density at radius 3 is 2.65 bits per heavy atom. The number of benzene rings is 1. The third kappa shape index (κ3) is 2.25. The molecular weight excluding hydrogens is 222 g/mol. The summed E-state index contributed by atoms with van der Waals surface area (Å²) in [5, 5.41) is 35.1. The maximum atomic E-state index is 9.59. The number of hydrogen-bond acceptors (Lipinski definition) is 5. The lowest BCUT2D eigenvalue weighted by Gasteiger charge is -2.08. The van der Waals surface area contributed by atoms with Crippen molar-refractivity contribution in [2.45, 2.75) is 6.54 Å². The summed E-state index contributed by atoms with van der Waals surface area (Å²) in [5.41, 5.74) is 1.30. The Bertz CT molecular complexity index is 537. The second kappa shape index (κ2) is 4.25. The van der Waals surface area contributed by atoms with E-state index in [1.807, 2.05) is 0 Å². The Hall–Kier alpha value is -2.37. The summed E-state index contributed by atoms with van der Waals surface area (Å²) >= 11 is 0. The van der Waals surface area contributed by atoms with Crippen LogP contribution in [0.15, 0.2) is 24.5 Å². The minimum atomic E-state index is -0.504. The molecule has 6 heteroatoms. The molecule has 0 radical (unpaired) electrons. The summed E-state index contributed by atoms with van der Waals surface area (Å²) in [4.78, 5) is 0. The van der Waals surface area contributed by atoms with Gasteiger partial charge >= 0.3 is 0 Å². The molecule has 4 N–H and O–H groups in total. The van der Waals surface area contributed by atoms with Crippen LogP contribution in [0.1, 0.15) is 5.56 Å². The van der Waals surface area contributed by atoms with E-state index in [-0.39, 0.29) is 11.5 Å². The minimum Gasteiger partial charge on any atom is -0.504 e. The van der Waals surface area contributed by atoms with E-state index in [4.69, 9.17) is 5.11 Å². The van der Waals surface area contributed by atoms with Gasteiger partial charge in [0, 0.05) is 25.4 Å². The van der Waals surface area contributed by atoms with Crippen LogP contribution in [0, 0.1) is 0 Å². The van der Waals surface area contributed by atoms with E-state index in [9.17, 15) is 10.2 Å². The topological polar surface area (TPSA) is 90.5 Å². The van der Waals surface area contributed by atoms with Crippen molar-refractivity contribution in [3.05, 3.63) is 30.1 Å². The summed E-state index contributed by atoms with van der Waals surface area (Å²) in [6.45, 7) is 0.325. The van der Waals surface area contributed by atoms with Crippen molar-refractivity contribution in [2.24, 2.45) is 7.05 Å². The van der Waals surface area contributed by atoms with Gasteiger partial charge in [0.05, 0.1) is 11.9 Å². The molecule has 17 heavy (non-hydrogen) atoms. The number of nitrogens with one attached hydrogen (secondary N) is 1. The Morgan fingerprint density at radius 1 is 1.24 bits per heavy atom. The number of phenols is 3. The van der Waals surface area contributed by atoms with Gasteiger partial charge < -0.3 is 20.6 Å². The van der Waals surface area contributed by atoms with Gasteiger partial charge in [0.25, 0.3) is 0 Å². The molecule has 1 aromatic heterocycles. The third-order valence-corrected chi connectivity index (χ3v) is 2.40. The average molecular weight is 235 g/mol. The molecule has 1 heterocycles. The summed E-state index contributed by atoms with van der Waals surface area (Å²) in [5.74, 6) is -1.16. The second-order valence-electron chi connectivity index (χ2n) is 3.70.